The van der Waals surface area contributed by atoms with Gasteiger partial charge in [0, 0.05) is 7.05 Å². The summed E-state index contributed by atoms with van der Waals surface area (Å²) in [6.45, 7) is 14.9. The van der Waals surface area contributed by atoms with Gasteiger partial charge in [-0.05, 0) is 76.6 Å². The first kappa shape index (κ1) is 30.2. The van der Waals surface area contributed by atoms with Gasteiger partial charge in [-0.25, -0.2) is 4.79 Å². The summed E-state index contributed by atoms with van der Waals surface area (Å²) in [6.07, 6.45) is -0.299. The van der Waals surface area contributed by atoms with E-state index in [9.17, 15) is 14.4 Å². The number of rotatable bonds is 8. The van der Waals surface area contributed by atoms with Crippen LogP contribution < -0.4 is 10.6 Å². The highest BCUT2D eigenvalue weighted by Crippen LogP contribution is 2.30. The number of likely N-dealkylation sites (N-methyl/N-ethyl adjacent to an activating group) is 1. The lowest BCUT2D eigenvalue weighted by atomic mass is 9.95. The van der Waals surface area contributed by atoms with E-state index in [-0.39, 0.29) is 5.92 Å². The lowest BCUT2D eigenvalue weighted by Gasteiger charge is -2.33. The summed E-state index contributed by atoms with van der Waals surface area (Å²) in [6, 6.07) is 9.32. The highest BCUT2D eigenvalue weighted by Gasteiger charge is 2.35. The molecule has 202 valence electrons. The molecule has 0 saturated carbocycles. The van der Waals surface area contributed by atoms with Crippen LogP contribution in [-0.2, 0) is 14.3 Å². The smallest absolute Gasteiger partial charge is 0.408 e. The number of anilines is 1. The molecule has 0 aliphatic rings. The number of amides is 3. The molecule has 2 aromatic carbocycles. The molecule has 0 aromatic heterocycles. The lowest BCUT2D eigenvalue weighted by molar-refractivity contribution is -0.139. The number of halogens is 1. The highest BCUT2D eigenvalue weighted by atomic mass is 35.5. The van der Waals surface area contributed by atoms with Crippen molar-refractivity contribution in [1.82, 2.24) is 10.2 Å². The van der Waals surface area contributed by atoms with Crippen molar-refractivity contribution in [2.24, 2.45) is 5.92 Å². The summed E-state index contributed by atoms with van der Waals surface area (Å²) in [5, 5.41) is 6.06. The van der Waals surface area contributed by atoms with E-state index in [1.807, 2.05) is 65.0 Å². The van der Waals surface area contributed by atoms with Crippen LogP contribution in [0.25, 0.3) is 0 Å². The van der Waals surface area contributed by atoms with Crippen molar-refractivity contribution in [1.29, 1.82) is 0 Å². The Morgan fingerprint density at radius 2 is 1.68 bits per heavy atom. The maximum Gasteiger partial charge on any atom is 0.408 e. The topological polar surface area (TPSA) is 87.7 Å². The van der Waals surface area contributed by atoms with Crippen molar-refractivity contribution in [3.8, 4) is 0 Å². The van der Waals surface area contributed by atoms with Crippen LogP contribution in [0.3, 0.4) is 0 Å². The Morgan fingerprint density at radius 1 is 1.03 bits per heavy atom. The molecule has 2 rings (SSSR count). The molecule has 0 heterocycles. The third-order valence-corrected chi connectivity index (χ3v) is 6.19. The van der Waals surface area contributed by atoms with Crippen LogP contribution in [0.15, 0.2) is 36.4 Å². The van der Waals surface area contributed by atoms with Gasteiger partial charge in [-0.2, -0.15) is 0 Å². The molecule has 0 radical (unpaired) electrons. The largest absolute Gasteiger partial charge is 0.444 e. The Labute approximate surface area is 225 Å². The van der Waals surface area contributed by atoms with Gasteiger partial charge in [-0.3, -0.25) is 9.59 Å². The normalized spacial score (nSPS) is 13.1. The van der Waals surface area contributed by atoms with Crippen molar-refractivity contribution >= 4 is 35.2 Å². The zero-order chi connectivity index (χ0) is 28.1. The van der Waals surface area contributed by atoms with Crippen LogP contribution in [0.2, 0.25) is 5.02 Å². The molecule has 7 nitrogen and oxygen atoms in total. The fourth-order valence-corrected chi connectivity index (χ4v) is 4.35. The number of para-hydroxylation sites is 1. The van der Waals surface area contributed by atoms with Crippen LogP contribution in [0, 0.1) is 26.7 Å². The quantitative estimate of drug-likeness (QED) is 0.417. The predicted molar refractivity (Wildman–Crippen MR) is 149 cm³/mol. The van der Waals surface area contributed by atoms with Gasteiger partial charge in [0.2, 0.25) is 5.91 Å². The number of carbonyl (C=O) groups is 3. The minimum absolute atomic E-state index is 0.107. The van der Waals surface area contributed by atoms with Gasteiger partial charge < -0.3 is 20.3 Å². The molecule has 8 heteroatoms. The Morgan fingerprint density at radius 3 is 2.24 bits per heavy atom. The van der Waals surface area contributed by atoms with Crippen molar-refractivity contribution in [2.45, 2.75) is 79.5 Å². The van der Waals surface area contributed by atoms with Gasteiger partial charge in [0.25, 0.3) is 5.91 Å². The second kappa shape index (κ2) is 12.5. The van der Waals surface area contributed by atoms with E-state index in [4.69, 9.17) is 16.3 Å². The lowest BCUT2D eigenvalue weighted by Crippen LogP contribution is -2.51. The van der Waals surface area contributed by atoms with E-state index in [1.54, 1.807) is 33.9 Å². The van der Waals surface area contributed by atoms with Crippen molar-refractivity contribution in [3.05, 3.63) is 63.7 Å². The number of nitrogens with one attached hydrogen (secondary N) is 2. The van der Waals surface area contributed by atoms with Gasteiger partial charge in [0.1, 0.15) is 17.7 Å². The molecule has 2 atom stereocenters. The molecule has 2 N–H and O–H groups in total. The second-order valence-electron chi connectivity index (χ2n) is 11.0. The number of hydrogen-bond acceptors (Lipinski definition) is 4. The number of alkyl carbamates (subject to hydrolysis) is 1. The molecule has 0 fully saturated rings. The first-order valence-corrected chi connectivity index (χ1v) is 12.9. The first-order valence-electron chi connectivity index (χ1n) is 12.5. The van der Waals surface area contributed by atoms with Crippen LogP contribution >= 0.6 is 11.6 Å². The van der Waals surface area contributed by atoms with Gasteiger partial charge in [-0.15, -0.1) is 0 Å². The maximum atomic E-state index is 13.8. The van der Waals surface area contributed by atoms with Crippen molar-refractivity contribution < 1.29 is 19.1 Å². The van der Waals surface area contributed by atoms with Crippen LogP contribution in [0.5, 0.6) is 0 Å². The summed E-state index contributed by atoms with van der Waals surface area (Å²) in [5.74, 6) is -0.686. The number of nitrogens with zero attached hydrogens (tertiary/aromatic N) is 1. The van der Waals surface area contributed by atoms with E-state index in [2.05, 4.69) is 10.6 Å². The van der Waals surface area contributed by atoms with Crippen molar-refractivity contribution in [2.75, 3.05) is 12.4 Å². The minimum atomic E-state index is -0.960. The molecule has 37 heavy (non-hydrogen) atoms. The number of ether oxygens (including phenoxy) is 1. The molecule has 0 aliphatic heterocycles. The Kier molecular flexibility index (Phi) is 10.2. The van der Waals surface area contributed by atoms with E-state index in [0.29, 0.717) is 22.7 Å². The number of benzene rings is 2. The van der Waals surface area contributed by atoms with E-state index in [0.717, 1.165) is 16.7 Å². The molecule has 0 aliphatic carbocycles. The highest BCUT2D eigenvalue weighted by molar-refractivity contribution is 6.34. The number of carbonyl (C=O) groups excluding carboxylic acids is 3. The van der Waals surface area contributed by atoms with E-state index in [1.165, 1.54) is 4.90 Å². The SMILES string of the molecule is Cc1ccc(C)c(C(C(=O)Nc2c(C)cccc2Cl)N(C)C(=O)C(CC(C)C)NC(=O)OC(C)(C)C)c1. The van der Waals surface area contributed by atoms with E-state index < -0.39 is 35.6 Å². The van der Waals surface area contributed by atoms with Crippen molar-refractivity contribution in [3.63, 3.8) is 0 Å². The summed E-state index contributed by atoms with van der Waals surface area (Å²) in [4.78, 5) is 41.6. The Balaban J connectivity index is 2.49. The molecule has 2 unspecified atom stereocenters. The third kappa shape index (κ3) is 8.49. The summed E-state index contributed by atoms with van der Waals surface area (Å²) in [5.41, 5.74) is 3.10. The fraction of sp³-hybridized carbons (Fsp3) is 0.483. The molecular weight excluding hydrogens is 490 g/mol. The maximum absolute atomic E-state index is 13.8. The standard InChI is InChI=1S/C29H40ClN3O4/c1-17(2)15-23(31-28(36)37-29(6,7)8)27(35)33(9)25(21-16-18(3)13-14-19(21)4)26(34)32-24-20(5)11-10-12-22(24)30/h10-14,16-17,23,25H,15H2,1-9H3,(H,31,36)(H,32,34). The summed E-state index contributed by atoms with van der Waals surface area (Å²) >= 11 is 6.38. The molecule has 0 bridgehead atoms. The molecular formula is C29H40ClN3O4. The Hall–Kier alpha value is -3.06. The average molecular weight is 530 g/mol. The first-order chi connectivity index (χ1) is 17.1. The molecule has 0 spiro atoms. The molecule has 2 aromatic rings. The van der Waals surface area contributed by atoms with Gasteiger partial charge in [0.15, 0.2) is 0 Å². The average Bonchev–Trinajstić information content (AvgIpc) is 2.76. The Bertz CT molecular complexity index is 1120. The monoisotopic (exact) mass is 529 g/mol. The van der Waals surface area contributed by atoms with E-state index >= 15 is 0 Å². The van der Waals surface area contributed by atoms with Gasteiger partial charge in [0.05, 0.1) is 10.7 Å². The minimum Gasteiger partial charge on any atom is -0.444 e. The van der Waals surface area contributed by atoms with Crippen LogP contribution in [0.4, 0.5) is 10.5 Å². The summed E-state index contributed by atoms with van der Waals surface area (Å²) < 4.78 is 5.40. The fourth-order valence-electron chi connectivity index (χ4n) is 4.08. The molecule has 0 saturated heterocycles. The zero-order valence-electron chi connectivity index (χ0n) is 23.4. The van der Waals surface area contributed by atoms with Gasteiger partial charge in [-0.1, -0.05) is 61.3 Å². The predicted octanol–water partition coefficient (Wildman–Crippen LogP) is 6.34. The zero-order valence-corrected chi connectivity index (χ0v) is 24.1. The number of aryl methyl sites for hydroxylation is 3. The second-order valence-corrected chi connectivity index (χ2v) is 11.4. The van der Waals surface area contributed by atoms with Gasteiger partial charge >= 0.3 is 6.09 Å². The van der Waals surface area contributed by atoms with Crippen LogP contribution in [0.1, 0.15) is 69.3 Å². The number of hydrogen-bond donors (Lipinski definition) is 2. The third-order valence-electron chi connectivity index (χ3n) is 5.88. The molecule has 3 amide bonds. The van der Waals surface area contributed by atoms with Crippen LogP contribution in [-0.4, -0.2) is 41.5 Å². The summed E-state index contributed by atoms with van der Waals surface area (Å²) in [7, 11) is 1.58.